The maximum atomic E-state index is 11.4. The second kappa shape index (κ2) is 4.39. The van der Waals surface area contributed by atoms with Crippen LogP contribution >= 0.6 is 0 Å². The summed E-state index contributed by atoms with van der Waals surface area (Å²) in [7, 11) is 1.61. The molecule has 0 bridgehead atoms. The van der Waals surface area contributed by atoms with Crippen LogP contribution in [0, 0.1) is 0 Å². The van der Waals surface area contributed by atoms with Crippen LogP contribution in [0.1, 0.15) is 17.5 Å². The monoisotopic (exact) mass is 217 g/mol. The van der Waals surface area contributed by atoms with Crippen LogP contribution in [0.25, 0.3) is 0 Å². The molecule has 84 valence electrons. The molecule has 3 nitrogen and oxygen atoms in total. The van der Waals surface area contributed by atoms with Gasteiger partial charge in [-0.25, -0.2) is 0 Å². The van der Waals surface area contributed by atoms with Crippen LogP contribution in [-0.4, -0.2) is 13.0 Å². The number of hydrogen-bond donors (Lipinski definition) is 1. The molecule has 0 heterocycles. The zero-order chi connectivity index (χ0) is 11.5. The predicted octanol–water partition coefficient (Wildman–Crippen LogP) is 2.31. The van der Waals surface area contributed by atoms with Gasteiger partial charge < -0.3 is 10.1 Å². The van der Waals surface area contributed by atoms with Gasteiger partial charge in [0.2, 0.25) is 5.91 Å². The number of ether oxygens (including phenoxy) is 1. The zero-order valence-corrected chi connectivity index (χ0v) is 9.38. The van der Waals surface area contributed by atoms with E-state index in [4.69, 9.17) is 4.74 Å². The molecule has 3 heteroatoms. The highest BCUT2D eigenvalue weighted by atomic mass is 16.5. The number of hydrogen-bond acceptors (Lipinski definition) is 2. The Balaban J connectivity index is 2.43. The molecule has 0 aliphatic heterocycles. The van der Waals surface area contributed by atoms with Crippen molar-refractivity contribution in [2.24, 2.45) is 0 Å². The molecule has 0 aromatic heterocycles. The number of nitrogens with one attached hydrogen (secondary N) is 1. The molecule has 1 aliphatic carbocycles. The highest BCUT2D eigenvalue weighted by Gasteiger charge is 2.19. The molecule has 0 saturated carbocycles. The van der Waals surface area contributed by atoms with E-state index in [0.717, 1.165) is 30.7 Å². The first-order chi connectivity index (χ1) is 7.76. The molecule has 0 atom stereocenters. The Morgan fingerprint density at radius 2 is 2.31 bits per heavy atom. The Labute approximate surface area is 95.1 Å². The minimum Gasteiger partial charge on any atom is -0.495 e. The van der Waals surface area contributed by atoms with Gasteiger partial charge >= 0.3 is 0 Å². The molecule has 0 radical (unpaired) electrons. The molecular weight excluding hydrogens is 202 g/mol. The summed E-state index contributed by atoms with van der Waals surface area (Å²) in [5, 5.41) is 2.83. The van der Waals surface area contributed by atoms with Crippen LogP contribution < -0.4 is 10.1 Å². The Morgan fingerprint density at radius 3 is 3.00 bits per heavy atom. The summed E-state index contributed by atoms with van der Waals surface area (Å²) >= 11 is 0. The molecular formula is C13H15NO2. The van der Waals surface area contributed by atoms with Crippen LogP contribution in [0.15, 0.2) is 24.8 Å². The van der Waals surface area contributed by atoms with E-state index in [9.17, 15) is 4.79 Å². The van der Waals surface area contributed by atoms with Crippen molar-refractivity contribution in [1.82, 2.24) is 0 Å². The Bertz CT molecular complexity index is 438. The lowest BCUT2D eigenvalue weighted by molar-refractivity contribution is -0.111. The fourth-order valence-corrected chi connectivity index (χ4v) is 2.13. The van der Waals surface area contributed by atoms with E-state index in [2.05, 4.69) is 18.0 Å². The topological polar surface area (TPSA) is 38.3 Å². The fourth-order valence-electron chi connectivity index (χ4n) is 2.13. The van der Waals surface area contributed by atoms with E-state index < -0.39 is 0 Å². The van der Waals surface area contributed by atoms with Crippen molar-refractivity contribution in [2.45, 2.75) is 19.3 Å². The maximum absolute atomic E-state index is 11.4. The lowest BCUT2D eigenvalue weighted by atomic mass is 10.1. The first-order valence-corrected chi connectivity index (χ1v) is 5.38. The van der Waals surface area contributed by atoms with Crippen molar-refractivity contribution >= 4 is 11.6 Å². The van der Waals surface area contributed by atoms with E-state index in [0.29, 0.717) is 0 Å². The smallest absolute Gasteiger partial charge is 0.247 e. The minimum atomic E-state index is -0.196. The van der Waals surface area contributed by atoms with Gasteiger partial charge in [-0.05, 0) is 42.5 Å². The van der Waals surface area contributed by atoms with Gasteiger partial charge in [-0.15, -0.1) is 0 Å². The van der Waals surface area contributed by atoms with Crippen molar-refractivity contribution in [1.29, 1.82) is 0 Å². The normalized spacial score (nSPS) is 13.1. The van der Waals surface area contributed by atoms with E-state index >= 15 is 0 Å². The highest BCUT2D eigenvalue weighted by Crippen LogP contribution is 2.36. The zero-order valence-electron chi connectivity index (χ0n) is 9.38. The molecule has 0 fully saturated rings. The second-order valence-electron chi connectivity index (χ2n) is 3.83. The van der Waals surface area contributed by atoms with E-state index in [1.807, 2.05) is 6.07 Å². The summed E-state index contributed by atoms with van der Waals surface area (Å²) in [6, 6.07) is 3.98. The Kier molecular flexibility index (Phi) is 2.95. The number of anilines is 1. The number of carbonyl (C=O) groups is 1. The average molecular weight is 217 g/mol. The minimum absolute atomic E-state index is 0.196. The molecule has 0 saturated heterocycles. The largest absolute Gasteiger partial charge is 0.495 e. The first-order valence-electron chi connectivity index (χ1n) is 5.38. The number of benzene rings is 1. The number of rotatable bonds is 3. The van der Waals surface area contributed by atoms with Crippen molar-refractivity contribution in [2.75, 3.05) is 12.4 Å². The maximum Gasteiger partial charge on any atom is 0.247 e. The van der Waals surface area contributed by atoms with Crippen molar-refractivity contribution in [3.63, 3.8) is 0 Å². The summed E-state index contributed by atoms with van der Waals surface area (Å²) < 4.78 is 5.27. The third-order valence-electron chi connectivity index (χ3n) is 2.90. The number of fused-ring (bicyclic) bond motifs is 1. The number of methoxy groups -OCH3 is 1. The number of aryl methyl sites for hydroxylation is 1. The van der Waals surface area contributed by atoms with Gasteiger partial charge in [-0.1, -0.05) is 12.6 Å². The predicted molar refractivity (Wildman–Crippen MR) is 63.8 cm³/mol. The summed E-state index contributed by atoms with van der Waals surface area (Å²) in [6.07, 6.45) is 4.49. The summed E-state index contributed by atoms with van der Waals surface area (Å²) in [6.45, 7) is 3.45. The van der Waals surface area contributed by atoms with Gasteiger partial charge in [-0.2, -0.15) is 0 Å². The highest BCUT2D eigenvalue weighted by molar-refractivity contribution is 6.00. The van der Waals surface area contributed by atoms with Gasteiger partial charge in [0.15, 0.2) is 0 Å². The quantitative estimate of drug-likeness (QED) is 0.789. The standard InChI is InChI=1S/C13H15NO2/c1-3-12(15)14-13-10-6-4-5-9(10)7-8-11(13)16-2/h3,7-8H,1,4-6H2,2H3,(H,14,15). The summed E-state index contributed by atoms with van der Waals surface area (Å²) in [5.41, 5.74) is 3.32. The molecule has 1 aromatic rings. The van der Waals surface area contributed by atoms with Crippen LogP contribution in [0.5, 0.6) is 5.75 Å². The average Bonchev–Trinajstić information content (AvgIpc) is 2.77. The van der Waals surface area contributed by atoms with Gasteiger partial charge in [0.25, 0.3) is 0 Å². The Morgan fingerprint density at radius 1 is 1.50 bits per heavy atom. The van der Waals surface area contributed by atoms with Gasteiger partial charge in [0, 0.05) is 0 Å². The van der Waals surface area contributed by atoms with Crippen molar-refractivity contribution in [3.05, 3.63) is 35.9 Å². The van der Waals surface area contributed by atoms with E-state index in [-0.39, 0.29) is 5.91 Å². The Hall–Kier alpha value is -1.77. The third kappa shape index (κ3) is 1.81. The number of carbonyl (C=O) groups excluding carboxylic acids is 1. The molecule has 2 rings (SSSR count). The molecule has 1 amide bonds. The lowest BCUT2D eigenvalue weighted by Gasteiger charge is -2.13. The van der Waals surface area contributed by atoms with Crippen LogP contribution in [-0.2, 0) is 17.6 Å². The van der Waals surface area contributed by atoms with Crippen molar-refractivity contribution in [3.8, 4) is 5.75 Å². The van der Waals surface area contributed by atoms with Crippen LogP contribution in [0.3, 0.4) is 0 Å². The molecule has 16 heavy (non-hydrogen) atoms. The SMILES string of the molecule is C=CC(=O)Nc1c(OC)ccc2c1CCC2. The first kappa shape index (κ1) is 10.7. The van der Waals surface area contributed by atoms with Gasteiger partial charge in [0.05, 0.1) is 12.8 Å². The molecule has 0 unspecified atom stereocenters. The van der Waals surface area contributed by atoms with Crippen molar-refractivity contribution < 1.29 is 9.53 Å². The third-order valence-corrected chi connectivity index (χ3v) is 2.90. The summed E-state index contributed by atoms with van der Waals surface area (Å²) in [5.74, 6) is 0.523. The lowest BCUT2D eigenvalue weighted by Crippen LogP contribution is -2.10. The molecule has 1 aromatic carbocycles. The molecule has 1 aliphatic rings. The summed E-state index contributed by atoms with van der Waals surface area (Å²) in [4.78, 5) is 11.4. The molecule has 1 N–H and O–H groups in total. The molecule has 0 spiro atoms. The van der Waals surface area contributed by atoms with Gasteiger partial charge in [0.1, 0.15) is 5.75 Å². The number of amides is 1. The second-order valence-corrected chi connectivity index (χ2v) is 3.83. The van der Waals surface area contributed by atoms with E-state index in [1.54, 1.807) is 7.11 Å². The van der Waals surface area contributed by atoms with Crippen LogP contribution in [0.2, 0.25) is 0 Å². The fraction of sp³-hybridized carbons (Fsp3) is 0.308. The van der Waals surface area contributed by atoms with Gasteiger partial charge in [-0.3, -0.25) is 4.79 Å². The van der Waals surface area contributed by atoms with Crippen LogP contribution in [0.4, 0.5) is 5.69 Å². The van der Waals surface area contributed by atoms with E-state index in [1.165, 1.54) is 17.2 Å².